The van der Waals surface area contributed by atoms with Crippen LogP contribution in [0.4, 0.5) is 5.95 Å². The van der Waals surface area contributed by atoms with Crippen LogP contribution in [0.1, 0.15) is 23.6 Å². The fourth-order valence-electron chi connectivity index (χ4n) is 3.33. The molecular weight excluding hydrogens is 408 g/mol. The quantitative estimate of drug-likeness (QED) is 0.345. The molecule has 9 heteroatoms. The molecule has 164 valence electrons. The number of anilines is 1. The summed E-state index contributed by atoms with van der Waals surface area (Å²) in [6.07, 6.45) is 1.65. The van der Waals surface area contributed by atoms with Gasteiger partial charge < -0.3 is 4.74 Å². The smallest absolute Gasteiger partial charge is 0.329 e. The normalized spacial score (nSPS) is 11.3. The zero-order chi connectivity index (χ0) is 22.7. The highest BCUT2D eigenvalue weighted by atomic mass is 16.5. The first-order chi connectivity index (χ1) is 15.5. The second-order valence-electron chi connectivity index (χ2n) is 7.37. The average molecular weight is 432 g/mol. The number of hydrogen-bond acceptors (Lipinski definition) is 6. The molecule has 2 aromatic heterocycles. The first-order valence-electron chi connectivity index (χ1n) is 10.2. The largest absolute Gasteiger partial charge is 0.494 e. The lowest BCUT2D eigenvalue weighted by Crippen LogP contribution is -2.29. The van der Waals surface area contributed by atoms with E-state index in [0.717, 1.165) is 22.4 Å². The number of nitrogens with zero attached hydrogens (tertiary/aromatic N) is 4. The van der Waals surface area contributed by atoms with Crippen molar-refractivity contribution in [3.05, 3.63) is 86.1 Å². The highest BCUT2D eigenvalue weighted by molar-refractivity contribution is 5.80. The number of hydrazone groups is 1. The number of aryl methyl sites for hydroxylation is 2. The van der Waals surface area contributed by atoms with Crippen LogP contribution >= 0.6 is 0 Å². The standard InChI is InChI=1S/C23H24N6O3/c1-4-32-18-11-9-16(10-12-18)13-24-27-22-25-20-19(21(30)26-23(31)28(20)3)29(22)14-17-7-5-15(2)6-8-17/h5-13H,4,14H2,1-3H3,(H,25,27)(H,26,30,31)/b24-13+. The van der Waals surface area contributed by atoms with Crippen molar-refractivity contribution in [2.75, 3.05) is 12.0 Å². The molecule has 0 saturated heterocycles. The van der Waals surface area contributed by atoms with Crippen LogP contribution in [-0.4, -0.2) is 31.9 Å². The molecule has 9 nitrogen and oxygen atoms in total. The van der Waals surface area contributed by atoms with Crippen molar-refractivity contribution in [1.29, 1.82) is 0 Å². The van der Waals surface area contributed by atoms with Crippen molar-refractivity contribution in [3.8, 4) is 5.75 Å². The van der Waals surface area contributed by atoms with Crippen molar-refractivity contribution < 1.29 is 4.74 Å². The summed E-state index contributed by atoms with van der Waals surface area (Å²) in [5, 5.41) is 4.28. The topological polar surface area (TPSA) is 106 Å². The van der Waals surface area contributed by atoms with Gasteiger partial charge in [0.05, 0.1) is 19.4 Å². The Morgan fingerprint density at radius 3 is 2.53 bits per heavy atom. The molecule has 32 heavy (non-hydrogen) atoms. The van der Waals surface area contributed by atoms with E-state index in [-0.39, 0.29) is 5.65 Å². The number of fused-ring (bicyclic) bond motifs is 1. The van der Waals surface area contributed by atoms with Gasteiger partial charge in [-0.05, 0) is 49.2 Å². The molecule has 0 atom stereocenters. The summed E-state index contributed by atoms with van der Waals surface area (Å²) in [7, 11) is 1.57. The van der Waals surface area contributed by atoms with Gasteiger partial charge in [0.2, 0.25) is 5.95 Å². The van der Waals surface area contributed by atoms with E-state index in [1.165, 1.54) is 4.57 Å². The molecule has 0 fully saturated rings. The average Bonchev–Trinajstić information content (AvgIpc) is 3.14. The van der Waals surface area contributed by atoms with Crippen LogP contribution in [0.15, 0.2) is 63.2 Å². The van der Waals surface area contributed by atoms with E-state index >= 15 is 0 Å². The Morgan fingerprint density at radius 2 is 1.84 bits per heavy atom. The summed E-state index contributed by atoms with van der Waals surface area (Å²) in [6.45, 7) is 4.94. The third kappa shape index (κ3) is 4.31. The Hall–Kier alpha value is -4.14. The molecule has 4 aromatic rings. The highest BCUT2D eigenvalue weighted by Gasteiger charge is 2.17. The van der Waals surface area contributed by atoms with Gasteiger partial charge in [-0.25, -0.2) is 10.2 Å². The van der Waals surface area contributed by atoms with Crippen molar-refractivity contribution in [3.63, 3.8) is 0 Å². The Morgan fingerprint density at radius 1 is 1.12 bits per heavy atom. The number of aromatic amines is 1. The lowest BCUT2D eigenvalue weighted by Gasteiger charge is -2.09. The maximum Gasteiger partial charge on any atom is 0.329 e. The highest BCUT2D eigenvalue weighted by Crippen LogP contribution is 2.18. The molecule has 0 aliphatic rings. The Kier molecular flexibility index (Phi) is 5.89. The molecule has 0 saturated carbocycles. The van der Waals surface area contributed by atoms with E-state index in [4.69, 9.17) is 4.74 Å². The molecule has 2 heterocycles. The Balaban J connectivity index is 1.70. The summed E-state index contributed by atoms with van der Waals surface area (Å²) in [4.78, 5) is 31.5. The van der Waals surface area contributed by atoms with Crippen molar-refractivity contribution in [1.82, 2.24) is 19.1 Å². The summed E-state index contributed by atoms with van der Waals surface area (Å²) < 4.78 is 8.47. The van der Waals surface area contributed by atoms with Crippen LogP contribution in [0.2, 0.25) is 0 Å². The number of ether oxygens (including phenoxy) is 1. The molecule has 0 radical (unpaired) electrons. The van der Waals surface area contributed by atoms with Gasteiger partial charge in [-0.3, -0.25) is 18.9 Å². The summed E-state index contributed by atoms with van der Waals surface area (Å²) in [6, 6.07) is 15.5. The molecule has 2 N–H and O–H groups in total. The molecule has 0 amide bonds. The Labute approximate surface area is 184 Å². The first kappa shape index (κ1) is 21.1. The van der Waals surface area contributed by atoms with Crippen LogP contribution < -0.4 is 21.4 Å². The Bertz CT molecular complexity index is 1380. The zero-order valence-corrected chi connectivity index (χ0v) is 18.1. The van der Waals surface area contributed by atoms with Gasteiger partial charge in [0.15, 0.2) is 11.2 Å². The van der Waals surface area contributed by atoms with E-state index in [2.05, 4.69) is 20.5 Å². The van der Waals surface area contributed by atoms with Crippen LogP contribution in [0.25, 0.3) is 11.2 Å². The summed E-state index contributed by atoms with van der Waals surface area (Å²) in [5.74, 6) is 1.15. The molecule has 0 spiro atoms. The number of benzene rings is 2. The van der Waals surface area contributed by atoms with E-state index in [1.54, 1.807) is 17.8 Å². The lowest BCUT2D eigenvalue weighted by atomic mass is 10.1. The zero-order valence-electron chi connectivity index (χ0n) is 18.1. The van der Waals surface area contributed by atoms with Gasteiger partial charge in [0.1, 0.15) is 5.75 Å². The lowest BCUT2D eigenvalue weighted by molar-refractivity contribution is 0.340. The van der Waals surface area contributed by atoms with Gasteiger partial charge in [-0.15, -0.1) is 0 Å². The number of H-pyrrole nitrogens is 1. The maximum atomic E-state index is 12.6. The molecule has 2 aromatic carbocycles. The minimum Gasteiger partial charge on any atom is -0.494 e. The second kappa shape index (κ2) is 8.93. The minimum atomic E-state index is -0.521. The van der Waals surface area contributed by atoms with E-state index < -0.39 is 11.2 Å². The maximum absolute atomic E-state index is 12.6. The predicted octanol–water partition coefficient (Wildman–Crippen LogP) is 2.62. The molecular formula is C23H24N6O3. The van der Waals surface area contributed by atoms with Crippen molar-refractivity contribution in [2.24, 2.45) is 12.1 Å². The molecule has 0 bridgehead atoms. The number of hydrogen-bond donors (Lipinski definition) is 2. The second-order valence-corrected chi connectivity index (χ2v) is 7.37. The number of imidazole rings is 1. The third-order valence-electron chi connectivity index (χ3n) is 5.04. The van der Waals surface area contributed by atoms with Crippen LogP contribution in [0, 0.1) is 6.92 Å². The van der Waals surface area contributed by atoms with Crippen LogP contribution in [0.5, 0.6) is 5.75 Å². The van der Waals surface area contributed by atoms with E-state index in [9.17, 15) is 9.59 Å². The van der Waals surface area contributed by atoms with Crippen LogP contribution in [-0.2, 0) is 13.6 Å². The molecule has 0 unspecified atom stereocenters. The fourth-order valence-corrected chi connectivity index (χ4v) is 3.33. The first-order valence-corrected chi connectivity index (χ1v) is 10.2. The van der Waals surface area contributed by atoms with Gasteiger partial charge in [0.25, 0.3) is 5.56 Å². The van der Waals surface area contributed by atoms with E-state index in [0.29, 0.717) is 24.6 Å². The van der Waals surface area contributed by atoms with Gasteiger partial charge in [-0.1, -0.05) is 29.8 Å². The van der Waals surface area contributed by atoms with Crippen LogP contribution in [0.3, 0.4) is 0 Å². The molecule has 0 aliphatic carbocycles. The van der Waals surface area contributed by atoms with Crippen molar-refractivity contribution >= 4 is 23.3 Å². The fraction of sp³-hybridized carbons (Fsp3) is 0.217. The molecule has 0 aliphatic heterocycles. The van der Waals surface area contributed by atoms with E-state index in [1.807, 2.05) is 62.4 Å². The monoisotopic (exact) mass is 432 g/mol. The number of rotatable bonds is 7. The van der Waals surface area contributed by atoms with Gasteiger partial charge in [-0.2, -0.15) is 10.1 Å². The third-order valence-corrected chi connectivity index (χ3v) is 5.04. The molecule has 4 rings (SSSR count). The van der Waals surface area contributed by atoms with Gasteiger partial charge >= 0.3 is 5.69 Å². The van der Waals surface area contributed by atoms with Gasteiger partial charge in [0, 0.05) is 7.05 Å². The SMILES string of the molecule is CCOc1ccc(/C=N/Nc2nc3c(c(=O)[nH]c(=O)n3C)n2Cc2ccc(C)cc2)cc1. The summed E-state index contributed by atoms with van der Waals surface area (Å²) in [5.41, 5.74) is 5.48. The van der Waals surface area contributed by atoms with Crippen molar-refractivity contribution in [2.45, 2.75) is 20.4 Å². The summed E-state index contributed by atoms with van der Waals surface area (Å²) >= 11 is 0. The number of nitrogens with one attached hydrogen (secondary N) is 2. The predicted molar refractivity (Wildman–Crippen MR) is 125 cm³/mol. The number of aromatic nitrogens is 4. The minimum absolute atomic E-state index is 0.282.